The molecule has 376 valence electrons. The molecule has 0 nitrogen and oxygen atoms in total. The van der Waals surface area contributed by atoms with Crippen molar-refractivity contribution in [2.45, 2.75) is 94.4 Å². The monoisotopic (exact) mass is 977 g/mol. The minimum Gasteiger partial charge on any atom is -0.121 e. The summed E-state index contributed by atoms with van der Waals surface area (Å²) in [6, 6.07) is 59.3. The van der Waals surface area contributed by atoms with Gasteiger partial charge in [-0.15, -0.1) is 5.73 Å². The predicted molar refractivity (Wildman–Crippen MR) is 329 cm³/mol. The van der Waals surface area contributed by atoms with Crippen LogP contribution in [0.25, 0.3) is 77.9 Å². The van der Waals surface area contributed by atoms with Gasteiger partial charge in [0.15, 0.2) is 0 Å². The number of aryl methyl sites for hydroxylation is 2. The van der Waals surface area contributed by atoms with E-state index < -0.39 is 0 Å². The average molecular weight is 977 g/mol. The van der Waals surface area contributed by atoms with E-state index in [0.29, 0.717) is 11.8 Å². The van der Waals surface area contributed by atoms with Crippen molar-refractivity contribution in [2.75, 3.05) is 0 Å². The fourth-order valence-electron chi connectivity index (χ4n) is 10.6. The fraction of sp³-hybridized carbons (Fsp3) is 0.213. The molecule has 0 radical (unpaired) electrons. The van der Waals surface area contributed by atoms with E-state index in [1.807, 2.05) is 24.3 Å². The highest BCUT2D eigenvalue weighted by molar-refractivity contribution is 5.86. The molecule has 0 bridgehead atoms. The Balaban J connectivity index is 0.000000854. The Bertz CT molecular complexity index is 3430. The Kier molecular flexibility index (Phi) is 18.5. The quantitative estimate of drug-likeness (QED) is 0.0709. The highest BCUT2D eigenvalue weighted by Gasteiger charge is 2.23. The van der Waals surface area contributed by atoms with Crippen molar-refractivity contribution in [1.82, 2.24) is 0 Å². The van der Waals surface area contributed by atoms with Gasteiger partial charge in [0.05, 0.1) is 0 Å². The topological polar surface area (TPSA) is 0 Å². The highest BCUT2D eigenvalue weighted by Crippen LogP contribution is 2.41. The molecule has 2 unspecified atom stereocenters. The second-order valence-corrected chi connectivity index (χ2v) is 20.5. The Morgan fingerprint density at radius 2 is 1.11 bits per heavy atom. The summed E-state index contributed by atoms with van der Waals surface area (Å²) in [6.07, 6.45) is 29.1. The molecule has 0 N–H and O–H groups in total. The first-order chi connectivity index (χ1) is 36.6. The molecule has 2 atom stereocenters. The summed E-state index contributed by atoms with van der Waals surface area (Å²) in [4.78, 5) is 0. The van der Waals surface area contributed by atoms with E-state index in [9.17, 15) is 0 Å². The molecule has 75 heavy (non-hydrogen) atoms. The maximum absolute atomic E-state index is 2.99. The molecule has 0 spiro atoms. The number of hydrogen-bond acceptors (Lipinski definition) is 0. The predicted octanol–water partition coefficient (Wildman–Crippen LogP) is 21.9. The zero-order valence-electron chi connectivity index (χ0n) is 46.1. The maximum Gasteiger partial charge on any atom is -0.0143 e. The summed E-state index contributed by atoms with van der Waals surface area (Å²) < 4.78 is 0. The molecule has 0 amide bonds. The zero-order valence-corrected chi connectivity index (χ0v) is 46.1. The van der Waals surface area contributed by atoms with Gasteiger partial charge < -0.3 is 0 Å². The lowest BCUT2D eigenvalue weighted by Gasteiger charge is -2.28. The van der Waals surface area contributed by atoms with Crippen molar-refractivity contribution in [1.29, 1.82) is 0 Å². The van der Waals surface area contributed by atoms with Gasteiger partial charge in [-0.25, -0.2) is 0 Å². The largest absolute Gasteiger partial charge is 0.121 e. The van der Waals surface area contributed by atoms with Crippen LogP contribution < -0.4 is 0 Å². The molecular weight excluding hydrogens is 901 g/mol. The summed E-state index contributed by atoms with van der Waals surface area (Å²) in [6.45, 7) is 20.2. The van der Waals surface area contributed by atoms with Crippen molar-refractivity contribution in [3.05, 3.63) is 269 Å². The van der Waals surface area contributed by atoms with Crippen LogP contribution in [0, 0.1) is 18.8 Å². The smallest absolute Gasteiger partial charge is 0.0143 e. The normalized spacial score (nSPS) is 14.9. The lowest BCUT2D eigenvalue weighted by molar-refractivity contribution is 0.544. The van der Waals surface area contributed by atoms with Crippen LogP contribution >= 0.6 is 0 Å². The van der Waals surface area contributed by atoms with Crippen LogP contribution in [0.2, 0.25) is 0 Å². The van der Waals surface area contributed by atoms with Crippen LogP contribution in [0.4, 0.5) is 0 Å². The van der Waals surface area contributed by atoms with Gasteiger partial charge in [0.25, 0.3) is 0 Å². The van der Waals surface area contributed by atoms with Crippen molar-refractivity contribution in [3.8, 4) is 66.8 Å². The first-order valence-corrected chi connectivity index (χ1v) is 27.5. The van der Waals surface area contributed by atoms with Crippen molar-refractivity contribution in [3.63, 3.8) is 0 Å². The van der Waals surface area contributed by atoms with E-state index in [1.165, 1.54) is 111 Å². The molecule has 9 rings (SSSR count). The van der Waals surface area contributed by atoms with E-state index in [-0.39, 0.29) is 0 Å². The zero-order chi connectivity index (χ0) is 52.7. The fourth-order valence-corrected chi connectivity index (χ4v) is 10.6. The number of benzene rings is 7. The summed E-state index contributed by atoms with van der Waals surface area (Å²) in [5, 5.41) is 0. The van der Waals surface area contributed by atoms with Gasteiger partial charge in [0.1, 0.15) is 0 Å². The maximum atomic E-state index is 2.99. The van der Waals surface area contributed by atoms with E-state index >= 15 is 0 Å². The second kappa shape index (κ2) is 25.9. The Morgan fingerprint density at radius 1 is 0.613 bits per heavy atom. The van der Waals surface area contributed by atoms with Gasteiger partial charge in [-0.2, -0.15) is 0 Å². The SMILES string of the molecule is CC1=CC=CC=C=C1.C\C=C/C(C)=C(\C=C/CC)c1cc(-c2cccc(-c3cccc(-c4cccc(-c5cccc(-c6cccc(-c7ccc(C)c(C8=C(C(C)CC)C(C)CC=C8)c7)c6)c5)c4)c3)c2)ccc1CCC. The second-order valence-electron chi connectivity index (χ2n) is 20.5. The van der Waals surface area contributed by atoms with E-state index in [4.69, 9.17) is 0 Å². The van der Waals surface area contributed by atoms with Crippen molar-refractivity contribution < 1.29 is 0 Å². The van der Waals surface area contributed by atoms with Crippen LogP contribution in [0.5, 0.6) is 0 Å². The molecular formula is C75H76. The van der Waals surface area contributed by atoms with Gasteiger partial charge in [0.2, 0.25) is 0 Å². The Labute approximate surface area is 451 Å². The van der Waals surface area contributed by atoms with Gasteiger partial charge in [-0.1, -0.05) is 217 Å². The lowest BCUT2D eigenvalue weighted by Crippen LogP contribution is -2.13. The Hall–Kier alpha value is -7.76. The van der Waals surface area contributed by atoms with Gasteiger partial charge in [-0.3, -0.25) is 0 Å². The molecule has 2 aliphatic rings. The van der Waals surface area contributed by atoms with E-state index in [0.717, 1.165) is 32.1 Å². The van der Waals surface area contributed by atoms with Gasteiger partial charge >= 0.3 is 0 Å². The molecule has 0 heterocycles. The number of rotatable bonds is 15. The first kappa shape index (κ1) is 53.5. The van der Waals surface area contributed by atoms with Crippen LogP contribution in [0.15, 0.2) is 247 Å². The third-order valence-corrected chi connectivity index (χ3v) is 14.9. The molecule has 7 aromatic rings. The molecule has 0 aromatic heterocycles. The molecule has 0 saturated heterocycles. The van der Waals surface area contributed by atoms with Crippen molar-refractivity contribution in [2.24, 2.45) is 11.8 Å². The molecule has 7 aromatic carbocycles. The van der Waals surface area contributed by atoms with Crippen LogP contribution in [0.3, 0.4) is 0 Å². The molecule has 0 saturated carbocycles. The minimum atomic E-state index is 0.569. The molecule has 0 fully saturated rings. The van der Waals surface area contributed by atoms with E-state index in [1.54, 1.807) is 5.57 Å². The average Bonchev–Trinajstić information content (AvgIpc) is 3.71. The Morgan fingerprint density at radius 3 is 1.59 bits per heavy atom. The summed E-state index contributed by atoms with van der Waals surface area (Å²) >= 11 is 0. The first-order valence-electron chi connectivity index (χ1n) is 27.5. The van der Waals surface area contributed by atoms with Gasteiger partial charge in [0, 0.05) is 0 Å². The van der Waals surface area contributed by atoms with Crippen LogP contribution in [-0.4, -0.2) is 0 Å². The molecule has 0 aliphatic heterocycles. The van der Waals surface area contributed by atoms with Gasteiger partial charge in [-0.05, 0) is 231 Å². The minimum absolute atomic E-state index is 0.569. The van der Waals surface area contributed by atoms with Crippen LogP contribution in [0.1, 0.15) is 103 Å². The summed E-state index contributed by atoms with van der Waals surface area (Å²) in [7, 11) is 0. The van der Waals surface area contributed by atoms with E-state index in [2.05, 4.69) is 268 Å². The third kappa shape index (κ3) is 13.3. The molecule has 0 heteroatoms. The lowest BCUT2D eigenvalue weighted by atomic mass is 9.77. The molecule has 2 aliphatic carbocycles. The standard InChI is InChI=1S/C67H68.C8H8/c1-9-13-33-63(47(6)20-10-2)66-45-62(38-37-50(66)21-11-3)60-32-19-30-58(43-60)56-28-17-26-54(41-56)52-24-15-23-51(39-52)53-25-16-27-55(40-53)57-29-18-31-59(42-57)61-36-35-48(7)65(44-61)64-34-14-22-49(8)67(64)46(5)12-4;1-8-6-4-2-3-5-7-8/h10,13-20,23-46,49H,9,11-12,21-22H2,1-8H3;2-4,6-7H,1H3/b20-10-,33-13-,63-47+;. The summed E-state index contributed by atoms with van der Waals surface area (Å²) in [5.41, 5.74) is 30.0. The number of allylic oxidation sites excluding steroid dienone is 15. The summed E-state index contributed by atoms with van der Waals surface area (Å²) in [5.74, 6) is 1.14. The highest BCUT2D eigenvalue weighted by atomic mass is 14.3. The van der Waals surface area contributed by atoms with Crippen molar-refractivity contribution >= 4 is 11.1 Å². The van der Waals surface area contributed by atoms with Crippen LogP contribution in [-0.2, 0) is 6.42 Å². The number of hydrogen-bond donors (Lipinski definition) is 0. The third-order valence-electron chi connectivity index (χ3n) is 14.9.